The largest absolute Gasteiger partial charge is 0.466 e. The summed E-state index contributed by atoms with van der Waals surface area (Å²) < 4.78 is 4.54. The zero-order chi connectivity index (χ0) is 11.1. The summed E-state index contributed by atoms with van der Waals surface area (Å²) in [5, 5.41) is 3.32. The van der Waals surface area contributed by atoms with Gasteiger partial charge in [0, 0.05) is 12.1 Å². The topological polar surface area (TPSA) is 38.3 Å². The molecule has 86 valence electrons. The number of nitrogens with one attached hydrogen (secondary N) is 1. The number of hydrogen-bond donors (Lipinski definition) is 1. The van der Waals surface area contributed by atoms with Gasteiger partial charge in [-0.05, 0) is 45.1 Å². The first-order valence-electron chi connectivity index (χ1n) is 5.68. The van der Waals surface area contributed by atoms with E-state index in [-0.39, 0.29) is 5.97 Å². The summed E-state index contributed by atoms with van der Waals surface area (Å²) in [4.78, 5) is 10.8. The molecule has 0 aromatic carbocycles. The van der Waals surface area contributed by atoms with Crippen LogP contribution in [0.25, 0.3) is 0 Å². The lowest BCUT2D eigenvalue weighted by Crippen LogP contribution is -2.29. The molecule has 1 saturated carbocycles. The van der Waals surface area contributed by atoms with Crippen molar-refractivity contribution in [3.05, 3.63) is 12.2 Å². The molecule has 0 aromatic rings. The van der Waals surface area contributed by atoms with Gasteiger partial charge in [-0.3, -0.25) is 0 Å². The number of allylic oxidation sites excluding steroid dienone is 1. The van der Waals surface area contributed by atoms with E-state index in [1.54, 1.807) is 0 Å². The standard InChI is InChI=1S/C12H21NO2/c1-13-11-8-6-10(7-9-11)4-3-5-12(14)15-2/h3,5,10-11,13H,4,6-9H2,1-2H3/b5-3+. The molecule has 15 heavy (non-hydrogen) atoms. The average molecular weight is 211 g/mol. The summed E-state index contributed by atoms with van der Waals surface area (Å²) in [6.07, 6.45) is 9.51. The normalized spacial score (nSPS) is 26.8. The monoisotopic (exact) mass is 211 g/mol. The number of methoxy groups -OCH3 is 1. The number of ether oxygens (including phenoxy) is 1. The zero-order valence-electron chi connectivity index (χ0n) is 9.66. The van der Waals surface area contributed by atoms with Gasteiger partial charge in [0.05, 0.1) is 7.11 Å². The van der Waals surface area contributed by atoms with Crippen LogP contribution < -0.4 is 5.32 Å². The molecule has 1 N–H and O–H groups in total. The molecule has 0 aliphatic heterocycles. The highest BCUT2D eigenvalue weighted by molar-refractivity contribution is 5.81. The number of esters is 1. The van der Waals surface area contributed by atoms with Crippen LogP contribution in [0.1, 0.15) is 32.1 Å². The Kier molecular flexibility index (Phi) is 5.40. The molecule has 0 atom stereocenters. The van der Waals surface area contributed by atoms with Crippen molar-refractivity contribution >= 4 is 5.97 Å². The van der Waals surface area contributed by atoms with E-state index in [0.29, 0.717) is 6.04 Å². The molecule has 3 nitrogen and oxygen atoms in total. The SMILES string of the molecule is CNC1CCC(C/C=C/C(=O)OC)CC1. The van der Waals surface area contributed by atoms with Crippen LogP contribution in [0, 0.1) is 5.92 Å². The first-order chi connectivity index (χ1) is 7.26. The highest BCUT2D eigenvalue weighted by Crippen LogP contribution is 2.26. The maximum atomic E-state index is 10.8. The summed E-state index contributed by atoms with van der Waals surface area (Å²) in [7, 11) is 3.44. The number of rotatable bonds is 4. The first kappa shape index (κ1) is 12.2. The van der Waals surface area contributed by atoms with Gasteiger partial charge in [-0.1, -0.05) is 6.08 Å². The van der Waals surface area contributed by atoms with Crippen molar-refractivity contribution in [2.24, 2.45) is 5.92 Å². The Labute approximate surface area is 91.9 Å². The van der Waals surface area contributed by atoms with Crippen LogP contribution >= 0.6 is 0 Å². The Morgan fingerprint density at radius 1 is 1.40 bits per heavy atom. The van der Waals surface area contributed by atoms with Gasteiger partial charge in [0.1, 0.15) is 0 Å². The summed E-state index contributed by atoms with van der Waals surface area (Å²) in [6, 6.07) is 0.700. The number of carbonyl (C=O) groups is 1. The Bertz CT molecular complexity index is 218. The van der Waals surface area contributed by atoms with Crippen LogP contribution in [-0.2, 0) is 9.53 Å². The maximum absolute atomic E-state index is 10.8. The van der Waals surface area contributed by atoms with Crippen molar-refractivity contribution in [1.82, 2.24) is 5.32 Å². The fourth-order valence-electron chi connectivity index (χ4n) is 2.11. The zero-order valence-corrected chi connectivity index (χ0v) is 9.66. The second-order valence-electron chi connectivity index (χ2n) is 4.17. The molecule has 1 aliphatic carbocycles. The van der Waals surface area contributed by atoms with Crippen LogP contribution in [0.2, 0.25) is 0 Å². The molecule has 3 heteroatoms. The molecule has 0 amide bonds. The number of carbonyl (C=O) groups excluding carboxylic acids is 1. The summed E-state index contributed by atoms with van der Waals surface area (Å²) >= 11 is 0. The Hall–Kier alpha value is -0.830. The second-order valence-corrected chi connectivity index (χ2v) is 4.17. The van der Waals surface area contributed by atoms with E-state index in [1.165, 1.54) is 38.9 Å². The highest BCUT2D eigenvalue weighted by Gasteiger charge is 2.18. The molecule has 0 radical (unpaired) electrons. The summed E-state index contributed by atoms with van der Waals surface area (Å²) in [5.41, 5.74) is 0. The lowest BCUT2D eigenvalue weighted by molar-refractivity contribution is -0.134. The minimum absolute atomic E-state index is 0.251. The minimum atomic E-state index is -0.251. The molecular weight excluding hydrogens is 190 g/mol. The van der Waals surface area contributed by atoms with E-state index in [2.05, 4.69) is 10.1 Å². The van der Waals surface area contributed by atoms with Crippen LogP contribution in [-0.4, -0.2) is 26.2 Å². The lowest BCUT2D eigenvalue weighted by Gasteiger charge is -2.27. The van der Waals surface area contributed by atoms with Crippen molar-refractivity contribution in [1.29, 1.82) is 0 Å². The van der Waals surface area contributed by atoms with Crippen LogP contribution in [0.3, 0.4) is 0 Å². The van der Waals surface area contributed by atoms with Crippen molar-refractivity contribution in [3.63, 3.8) is 0 Å². The van der Waals surface area contributed by atoms with E-state index in [0.717, 1.165) is 12.3 Å². The highest BCUT2D eigenvalue weighted by atomic mass is 16.5. The Morgan fingerprint density at radius 3 is 2.60 bits per heavy atom. The summed E-state index contributed by atoms with van der Waals surface area (Å²) in [5.74, 6) is 0.495. The van der Waals surface area contributed by atoms with Crippen molar-refractivity contribution < 1.29 is 9.53 Å². The van der Waals surface area contributed by atoms with Crippen molar-refractivity contribution in [2.75, 3.05) is 14.2 Å². The van der Waals surface area contributed by atoms with E-state index in [9.17, 15) is 4.79 Å². The quantitative estimate of drug-likeness (QED) is 0.570. The fourth-order valence-corrected chi connectivity index (χ4v) is 2.11. The predicted molar refractivity (Wildman–Crippen MR) is 60.6 cm³/mol. The third-order valence-electron chi connectivity index (χ3n) is 3.18. The van der Waals surface area contributed by atoms with Gasteiger partial charge < -0.3 is 10.1 Å². The molecule has 1 aliphatic rings. The van der Waals surface area contributed by atoms with Crippen molar-refractivity contribution in [2.45, 2.75) is 38.1 Å². The van der Waals surface area contributed by atoms with Gasteiger partial charge in [0.25, 0.3) is 0 Å². The minimum Gasteiger partial charge on any atom is -0.466 e. The third-order valence-corrected chi connectivity index (χ3v) is 3.18. The smallest absolute Gasteiger partial charge is 0.330 e. The molecule has 0 unspecified atom stereocenters. The van der Waals surface area contributed by atoms with E-state index in [1.807, 2.05) is 13.1 Å². The van der Waals surface area contributed by atoms with Gasteiger partial charge in [0.15, 0.2) is 0 Å². The Morgan fingerprint density at radius 2 is 2.07 bits per heavy atom. The Balaban J connectivity index is 2.18. The van der Waals surface area contributed by atoms with Gasteiger partial charge >= 0.3 is 5.97 Å². The average Bonchev–Trinajstić information content (AvgIpc) is 2.29. The van der Waals surface area contributed by atoms with Crippen LogP contribution in [0.5, 0.6) is 0 Å². The fraction of sp³-hybridized carbons (Fsp3) is 0.750. The van der Waals surface area contributed by atoms with Crippen LogP contribution in [0.15, 0.2) is 12.2 Å². The second kappa shape index (κ2) is 6.62. The molecule has 0 aromatic heterocycles. The van der Waals surface area contributed by atoms with Gasteiger partial charge in [-0.15, -0.1) is 0 Å². The molecule has 0 bridgehead atoms. The molecular formula is C12H21NO2. The van der Waals surface area contributed by atoms with Crippen LogP contribution in [0.4, 0.5) is 0 Å². The van der Waals surface area contributed by atoms with Gasteiger partial charge in [-0.25, -0.2) is 4.79 Å². The molecule has 0 saturated heterocycles. The molecule has 0 spiro atoms. The molecule has 1 rings (SSSR count). The van der Waals surface area contributed by atoms with E-state index in [4.69, 9.17) is 0 Å². The lowest BCUT2D eigenvalue weighted by atomic mass is 9.84. The van der Waals surface area contributed by atoms with E-state index >= 15 is 0 Å². The van der Waals surface area contributed by atoms with Gasteiger partial charge in [-0.2, -0.15) is 0 Å². The first-order valence-corrected chi connectivity index (χ1v) is 5.68. The van der Waals surface area contributed by atoms with E-state index < -0.39 is 0 Å². The maximum Gasteiger partial charge on any atom is 0.330 e. The summed E-state index contributed by atoms with van der Waals surface area (Å²) in [6.45, 7) is 0. The molecule has 1 fully saturated rings. The molecule has 0 heterocycles. The van der Waals surface area contributed by atoms with Gasteiger partial charge in [0.2, 0.25) is 0 Å². The third kappa shape index (κ3) is 4.47. The predicted octanol–water partition coefficient (Wildman–Crippen LogP) is 1.88. The number of hydrogen-bond acceptors (Lipinski definition) is 3. The van der Waals surface area contributed by atoms with Crippen molar-refractivity contribution in [3.8, 4) is 0 Å².